The van der Waals surface area contributed by atoms with E-state index >= 15 is 0 Å². The molecule has 5 rings (SSSR count). The Labute approximate surface area is 197 Å². The molecular formula is C30H19NO3. The van der Waals surface area contributed by atoms with Gasteiger partial charge < -0.3 is 0 Å². The molecule has 0 aromatic heterocycles. The predicted molar refractivity (Wildman–Crippen MR) is 131 cm³/mol. The number of carbonyl (C=O) groups is 3. The Bertz CT molecular complexity index is 1470. The van der Waals surface area contributed by atoms with Gasteiger partial charge in [0.15, 0.2) is 5.78 Å². The van der Waals surface area contributed by atoms with Gasteiger partial charge in [0.1, 0.15) is 0 Å². The molecule has 0 radical (unpaired) electrons. The standard InChI is InChI=1S/C30H19NO3/c1-20-17-24(19-25(18-20)31-29(33)26-9-5-6-10-27(26)30(31)34)28(32)23-15-13-22(14-16-23)12-11-21-7-3-2-4-8-21/h2-10,13-19H,1H3. The SMILES string of the molecule is Cc1cc(C(=O)c2ccc(C#Cc3ccccc3)cc2)cc(N2C(=O)c3ccccc3C2=O)c1. The van der Waals surface area contributed by atoms with Gasteiger partial charge in [0.2, 0.25) is 0 Å². The van der Waals surface area contributed by atoms with Gasteiger partial charge in [0.05, 0.1) is 16.8 Å². The maximum absolute atomic E-state index is 13.2. The third-order valence-corrected chi connectivity index (χ3v) is 5.65. The van der Waals surface area contributed by atoms with Gasteiger partial charge in [0.25, 0.3) is 11.8 Å². The van der Waals surface area contributed by atoms with E-state index in [0.717, 1.165) is 21.6 Å². The highest BCUT2D eigenvalue weighted by Crippen LogP contribution is 2.30. The van der Waals surface area contributed by atoms with Gasteiger partial charge in [-0.1, -0.05) is 42.2 Å². The average molecular weight is 441 g/mol. The van der Waals surface area contributed by atoms with E-state index in [4.69, 9.17) is 0 Å². The second kappa shape index (κ2) is 8.65. The fourth-order valence-electron chi connectivity index (χ4n) is 3.98. The van der Waals surface area contributed by atoms with Gasteiger partial charge in [-0.3, -0.25) is 14.4 Å². The van der Waals surface area contributed by atoms with Crippen molar-refractivity contribution in [1.82, 2.24) is 0 Å². The Kier molecular flexibility index (Phi) is 5.37. The Morgan fingerprint density at radius 1 is 0.647 bits per heavy atom. The largest absolute Gasteiger partial charge is 0.289 e. The van der Waals surface area contributed by atoms with Crippen LogP contribution in [0.25, 0.3) is 0 Å². The molecule has 4 nitrogen and oxygen atoms in total. The molecule has 0 N–H and O–H groups in total. The minimum Gasteiger partial charge on any atom is -0.289 e. The smallest absolute Gasteiger partial charge is 0.266 e. The summed E-state index contributed by atoms with van der Waals surface area (Å²) in [5, 5.41) is 0. The number of nitrogens with zero attached hydrogens (tertiary/aromatic N) is 1. The van der Waals surface area contributed by atoms with E-state index in [0.29, 0.717) is 27.9 Å². The van der Waals surface area contributed by atoms with Crippen molar-refractivity contribution in [1.29, 1.82) is 0 Å². The van der Waals surface area contributed by atoms with Crippen molar-refractivity contribution in [2.24, 2.45) is 0 Å². The summed E-state index contributed by atoms with van der Waals surface area (Å²) >= 11 is 0. The number of carbonyl (C=O) groups excluding carboxylic acids is 3. The van der Waals surface area contributed by atoms with Crippen LogP contribution >= 0.6 is 0 Å². The molecule has 2 amide bonds. The third kappa shape index (κ3) is 3.92. The maximum atomic E-state index is 13.2. The summed E-state index contributed by atoms with van der Waals surface area (Å²) in [5.74, 6) is 5.24. The summed E-state index contributed by atoms with van der Waals surface area (Å²) in [4.78, 5) is 40.1. The second-order valence-corrected chi connectivity index (χ2v) is 8.07. The zero-order chi connectivity index (χ0) is 23.7. The van der Waals surface area contributed by atoms with Crippen molar-refractivity contribution in [2.45, 2.75) is 6.92 Å². The summed E-state index contributed by atoms with van der Waals surface area (Å²) < 4.78 is 0. The van der Waals surface area contributed by atoms with Gasteiger partial charge in [-0.15, -0.1) is 0 Å². The summed E-state index contributed by atoms with van der Waals surface area (Å²) in [6.45, 7) is 1.83. The first kappa shape index (κ1) is 21.1. The topological polar surface area (TPSA) is 54.5 Å². The molecule has 0 fully saturated rings. The Morgan fingerprint density at radius 3 is 1.82 bits per heavy atom. The molecule has 4 heteroatoms. The fraction of sp³-hybridized carbons (Fsp3) is 0.0333. The zero-order valence-electron chi connectivity index (χ0n) is 18.4. The molecule has 1 aliphatic rings. The van der Waals surface area contributed by atoms with Gasteiger partial charge in [-0.05, 0) is 79.2 Å². The minimum atomic E-state index is -0.383. The lowest BCUT2D eigenvalue weighted by Crippen LogP contribution is -2.29. The summed E-state index contributed by atoms with van der Waals surface area (Å²) in [6.07, 6.45) is 0. The first-order chi connectivity index (χ1) is 16.5. The van der Waals surface area contributed by atoms with E-state index in [9.17, 15) is 14.4 Å². The van der Waals surface area contributed by atoms with Crippen LogP contribution in [0.1, 0.15) is 53.3 Å². The fourth-order valence-corrected chi connectivity index (χ4v) is 3.98. The van der Waals surface area contributed by atoms with E-state index < -0.39 is 0 Å². The molecule has 0 unspecified atom stereocenters. The van der Waals surface area contributed by atoms with Crippen molar-refractivity contribution < 1.29 is 14.4 Å². The van der Waals surface area contributed by atoms with E-state index in [1.165, 1.54) is 0 Å². The van der Waals surface area contributed by atoms with Gasteiger partial charge in [0, 0.05) is 22.3 Å². The highest BCUT2D eigenvalue weighted by Gasteiger charge is 2.36. The van der Waals surface area contributed by atoms with Crippen molar-refractivity contribution in [2.75, 3.05) is 4.90 Å². The number of aryl methyl sites for hydroxylation is 1. The van der Waals surface area contributed by atoms with Crippen LogP contribution in [0.15, 0.2) is 97.1 Å². The number of imide groups is 1. The van der Waals surface area contributed by atoms with Crippen LogP contribution in [0.3, 0.4) is 0 Å². The Morgan fingerprint density at radius 2 is 1.21 bits per heavy atom. The molecule has 0 aliphatic carbocycles. The molecule has 0 saturated heterocycles. The number of hydrogen-bond acceptors (Lipinski definition) is 3. The molecule has 1 aliphatic heterocycles. The molecular weight excluding hydrogens is 422 g/mol. The molecule has 1 heterocycles. The van der Waals surface area contributed by atoms with E-state index in [-0.39, 0.29) is 17.6 Å². The molecule has 0 atom stereocenters. The first-order valence-corrected chi connectivity index (χ1v) is 10.8. The molecule has 4 aromatic rings. The number of fused-ring (bicyclic) bond motifs is 1. The van der Waals surface area contributed by atoms with Crippen LogP contribution in [0.5, 0.6) is 0 Å². The predicted octanol–water partition coefficient (Wildman–Crippen LogP) is 5.43. The van der Waals surface area contributed by atoms with Crippen molar-refractivity contribution >= 4 is 23.3 Å². The first-order valence-electron chi connectivity index (χ1n) is 10.8. The van der Waals surface area contributed by atoms with Crippen LogP contribution in [-0.2, 0) is 0 Å². The third-order valence-electron chi connectivity index (χ3n) is 5.65. The highest BCUT2D eigenvalue weighted by molar-refractivity contribution is 6.34. The highest BCUT2D eigenvalue weighted by atomic mass is 16.2. The number of ketones is 1. The van der Waals surface area contributed by atoms with E-state index in [1.54, 1.807) is 54.6 Å². The monoisotopic (exact) mass is 441 g/mol. The molecule has 162 valence electrons. The number of anilines is 1. The van der Waals surface area contributed by atoms with Gasteiger partial charge in [-0.2, -0.15) is 0 Å². The van der Waals surface area contributed by atoms with E-state index in [2.05, 4.69) is 11.8 Å². The number of hydrogen-bond donors (Lipinski definition) is 0. The molecule has 34 heavy (non-hydrogen) atoms. The molecule has 0 saturated carbocycles. The number of benzene rings is 4. The summed E-state index contributed by atoms with van der Waals surface area (Å²) in [7, 11) is 0. The van der Waals surface area contributed by atoms with Crippen molar-refractivity contribution in [3.8, 4) is 11.8 Å². The average Bonchev–Trinajstić information content (AvgIpc) is 3.13. The van der Waals surface area contributed by atoms with Crippen LogP contribution in [-0.4, -0.2) is 17.6 Å². The second-order valence-electron chi connectivity index (χ2n) is 8.07. The van der Waals surface area contributed by atoms with Crippen LogP contribution in [0.4, 0.5) is 5.69 Å². The number of amides is 2. The molecule has 0 spiro atoms. The molecule has 0 bridgehead atoms. The van der Waals surface area contributed by atoms with Crippen molar-refractivity contribution in [3.63, 3.8) is 0 Å². The van der Waals surface area contributed by atoms with Crippen LogP contribution in [0.2, 0.25) is 0 Å². The summed E-state index contributed by atoms with van der Waals surface area (Å²) in [5.41, 5.74) is 4.55. The summed E-state index contributed by atoms with van der Waals surface area (Å²) in [6, 6.07) is 28.6. The van der Waals surface area contributed by atoms with E-state index in [1.807, 2.05) is 49.4 Å². The lowest BCUT2D eigenvalue weighted by molar-refractivity contribution is 0.0924. The normalized spacial score (nSPS) is 12.2. The van der Waals surface area contributed by atoms with Gasteiger partial charge in [-0.25, -0.2) is 4.90 Å². The lowest BCUT2D eigenvalue weighted by atomic mass is 9.99. The number of rotatable bonds is 3. The van der Waals surface area contributed by atoms with Crippen molar-refractivity contribution in [3.05, 3.63) is 136 Å². The maximum Gasteiger partial charge on any atom is 0.266 e. The van der Waals surface area contributed by atoms with Crippen LogP contribution in [0, 0.1) is 18.8 Å². The molecule has 4 aromatic carbocycles. The minimum absolute atomic E-state index is 0.191. The Hall–Kier alpha value is -4.75. The zero-order valence-corrected chi connectivity index (χ0v) is 18.4. The quantitative estimate of drug-likeness (QED) is 0.242. The van der Waals surface area contributed by atoms with Gasteiger partial charge >= 0.3 is 0 Å². The lowest BCUT2D eigenvalue weighted by Gasteiger charge is -2.16. The van der Waals surface area contributed by atoms with Crippen LogP contribution < -0.4 is 4.90 Å². The Balaban J connectivity index is 1.42.